The fourth-order valence-electron chi connectivity index (χ4n) is 2.57. The van der Waals surface area contributed by atoms with E-state index in [0.29, 0.717) is 30.0 Å². The van der Waals surface area contributed by atoms with Gasteiger partial charge in [-0.3, -0.25) is 9.59 Å². The van der Waals surface area contributed by atoms with Gasteiger partial charge < -0.3 is 20.3 Å². The SMILES string of the molecule is COc1cc(C(=O)N2CCCC2C(=O)N(C)C)ccc1N. The van der Waals surface area contributed by atoms with Crippen molar-refractivity contribution in [3.8, 4) is 5.75 Å². The summed E-state index contributed by atoms with van der Waals surface area (Å²) in [6, 6.07) is 4.55. The second-order valence-electron chi connectivity index (χ2n) is 5.35. The second-order valence-corrected chi connectivity index (χ2v) is 5.35. The maximum Gasteiger partial charge on any atom is 0.254 e. The Bertz CT molecular complexity index is 557. The number of nitrogens with zero attached hydrogens (tertiary/aromatic N) is 2. The normalized spacial score (nSPS) is 17.7. The molecular weight excluding hydrogens is 270 g/mol. The molecule has 1 atom stereocenters. The minimum Gasteiger partial charge on any atom is -0.495 e. The molecule has 0 radical (unpaired) electrons. The number of benzene rings is 1. The molecule has 2 rings (SSSR count). The third kappa shape index (κ3) is 2.94. The highest BCUT2D eigenvalue weighted by molar-refractivity contribution is 5.98. The zero-order valence-corrected chi connectivity index (χ0v) is 12.6. The van der Waals surface area contributed by atoms with Gasteiger partial charge in [-0.05, 0) is 31.0 Å². The monoisotopic (exact) mass is 291 g/mol. The average Bonchev–Trinajstić information content (AvgIpc) is 2.95. The van der Waals surface area contributed by atoms with Crippen molar-refractivity contribution in [3.63, 3.8) is 0 Å². The van der Waals surface area contributed by atoms with E-state index >= 15 is 0 Å². The largest absolute Gasteiger partial charge is 0.495 e. The Balaban J connectivity index is 2.24. The van der Waals surface area contributed by atoms with Crippen molar-refractivity contribution in [1.29, 1.82) is 0 Å². The van der Waals surface area contributed by atoms with Crippen LogP contribution >= 0.6 is 0 Å². The first kappa shape index (κ1) is 15.2. The van der Waals surface area contributed by atoms with Crippen LogP contribution in [-0.2, 0) is 4.79 Å². The van der Waals surface area contributed by atoms with E-state index in [1.165, 1.54) is 12.0 Å². The summed E-state index contributed by atoms with van der Waals surface area (Å²) in [5, 5.41) is 0. The number of nitrogen functional groups attached to an aromatic ring is 1. The number of rotatable bonds is 3. The molecule has 0 saturated carbocycles. The van der Waals surface area contributed by atoms with Crippen molar-refractivity contribution in [2.75, 3.05) is 33.5 Å². The van der Waals surface area contributed by atoms with Crippen LogP contribution < -0.4 is 10.5 Å². The number of methoxy groups -OCH3 is 1. The van der Waals surface area contributed by atoms with E-state index in [9.17, 15) is 9.59 Å². The van der Waals surface area contributed by atoms with Gasteiger partial charge in [0, 0.05) is 26.2 Å². The van der Waals surface area contributed by atoms with E-state index in [1.807, 2.05) is 0 Å². The molecule has 1 saturated heterocycles. The highest BCUT2D eigenvalue weighted by atomic mass is 16.5. The summed E-state index contributed by atoms with van der Waals surface area (Å²) in [5.74, 6) is 0.268. The Kier molecular flexibility index (Phi) is 4.35. The van der Waals surface area contributed by atoms with Gasteiger partial charge in [0.1, 0.15) is 11.8 Å². The van der Waals surface area contributed by atoms with Crippen LogP contribution in [0.1, 0.15) is 23.2 Å². The molecule has 0 bridgehead atoms. The molecule has 114 valence electrons. The molecule has 1 aromatic rings. The highest BCUT2D eigenvalue weighted by Crippen LogP contribution is 2.26. The van der Waals surface area contributed by atoms with Gasteiger partial charge in [-0.2, -0.15) is 0 Å². The molecule has 0 aromatic heterocycles. The summed E-state index contributed by atoms with van der Waals surface area (Å²) in [7, 11) is 4.92. The van der Waals surface area contributed by atoms with E-state index in [0.717, 1.165) is 6.42 Å². The Labute approximate surface area is 124 Å². The number of hydrogen-bond acceptors (Lipinski definition) is 4. The minimum atomic E-state index is -0.379. The van der Waals surface area contributed by atoms with Gasteiger partial charge in [-0.15, -0.1) is 0 Å². The topological polar surface area (TPSA) is 75.9 Å². The van der Waals surface area contributed by atoms with E-state index < -0.39 is 0 Å². The van der Waals surface area contributed by atoms with Crippen molar-refractivity contribution in [2.24, 2.45) is 0 Å². The Morgan fingerprint density at radius 1 is 1.38 bits per heavy atom. The van der Waals surface area contributed by atoms with Gasteiger partial charge >= 0.3 is 0 Å². The smallest absolute Gasteiger partial charge is 0.254 e. The molecule has 1 aliphatic heterocycles. The molecule has 2 amide bonds. The number of hydrogen-bond donors (Lipinski definition) is 1. The summed E-state index contributed by atoms with van der Waals surface area (Å²) in [5.41, 5.74) is 6.73. The molecule has 0 aliphatic carbocycles. The molecule has 1 aromatic carbocycles. The number of nitrogens with two attached hydrogens (primary N) is 1. The first-order valence-corrected chi connectivity index (χ1v) is 6.91. The van der Waals surface area contributed by atoms with Crippen molar-refractivity contribution < 1.29 is 14.3 Å². The van der Waals surface area contributed by atoms with Crippen molar-refractivity contribution in [2.45, 2.75) is 18.9 Å². The Hall–Kier alpha value is -2.24. The van der Waals surface area contributed by atoms with Crippen LogP contribution in [0, 0.1) is 0 Å². The lowest BCUT2D eigenvalue weighted by Crippen LogP contribution is -2.45. The third-order valence-electron chi connectivity index (χ3n) is 3.72. The molecule has 6 nitrogen and oxygen atoms in total. The van der Waals surface area contributed by atoms with Gasteiger partial charge in [0.15, 0.2) is 0 Å². The van der Waals surface area contributed by atoms with Crippen LogP contribution in [0.15, 0.2) is 18.2 Å². The van der Waals surface area contributed by atoms with Crippen molar-refractivity contribution >= 4 is 17.5 Å². The molecule has 1 unspecified atom stereocenters. The maximum atomic E-state index is 12.6. The Morgan fingerprint density at radius 3 is 2.71 bits per heavy atom. The van der Waals surface area contributed by atoms with Gasteiger partial charge in [0.05, 0.1) is 12.8 Å². The summed E-state index contributed by atoms with van der Waals surface area (Å²) in [6.07, 6.45) is 1.54. The zero-order valence-electron chi connectivity index (χ0n) is 12.6. The predicted octanol–water partition coefficient (Wildman–Crippen LogP) is 0.970. The molecular formula is C15H21N3O3. The van der Waals surface area contributed by atoms with Crippen LogP contribution in [0.2, 0.25) is 0 Å². The number of likely N-dealkylation sites (tertiary alicyclic amines) is 1. The number of amides is 2. The quantitative estimate of drug-likeness (QED) is 0.842. The summed E-state index contributed by atoms with van der Waals surface area (Å²) < 4.78 is 5.14. The highest BCUT2D eigenvalue weighted by Gasteiger charge is 2.35. The average molecular weight is 291 g/mol. The first-order valence-electron chi connectivity index (χ1n) is 6.91. The predicted molar refractivity (Wildman–Crippen MR) is 80.2 cm³/mol. The first-order chi connectivity index (χ1) is 9.95. The summed E-state index contributed by atoms with van der Waals surface area (Å²) in [4.78, 5) is 27.9. The lowest BCUT2D eigenvalue weighted by Gasteiger charge is -2.26. The second kappa shape index (κ2) is 6.03. The maximum absolute atomic E-state index is 12.6. The number of ether oxygens (including phenoxy) is 1. The van der Waals surface area contributed by atoms with Gasteiger partial charge in [0.25, 0.3) is 5.91 Å². The molecule has 0 spiro atoms. The molecule has 6 heteroatoms. The van der Waals surface area contributed by atoms with E-state index in [4.69, 9.17) is 10.5 Å². The van der Waals surface area contributed by atoms with Crippen LogP contribution in [0.5, 0.6) is 5.75 Å². The molecule has 1 heterocycles. The van der Waals surface area contributed by atoms with Gasteiger partial charge in [0.2, 0.25) is 5.91 Å². The summed E-state index contributed by atoms with van der Waals surface area (Å²) >= 11 is 0. The standard InChI is InChI=1S/C15H21N3O3/c1-17(2)15(20)12-5-4-8-18(12)14(19)10-6-7-11(16)13(9-10)21-3/h6-7,9,12H,4-5,8,16H2,1-3H3. The molecule has 21 heavy (non-hydrogen) atoms. The van der Waals surface area contributed by atoms with Gasteiger partial charge in [-0.25, -0.2) is 0 Å². The van der Waals surface area contributed by atoms with Crippen LogP contribution in [0.4, 0.5) is 5.69 Å². The lowest BCUT2D eigenvalue weighted by molar-refractivity contribution is -0.132. The van der Waals surface area contributed by atoms with Gasteiger partial charge in [-0.1, -0.05) is 0 Å². The fourth-order valence-corrected chi connectivity index (χ4v) is 2.57. The van der Waals surface area contributed by atoms with Crippen LogP contribution in [0.3, 0.4) is 0 Å². The molecule has 1 aliphatic rings. The molecule has 1 fully saturated rings. The van der Waals surface area contributed by atoms with E-state index in [1.54, 1.807) is 37.2 Å². The van der Waals surface area contributed by atoms with E-state index in [-0.39, 0.29) is 17.9 Å². The summed E-state index contributed by atoms with van der Waals surface area (Å²) in [6.45, 7) is 0.593. The minimum absolute atomic E-state index is 0.0386. The Morgan fingerprint density at radius 2 is 2.10 bits per heavy atom. The fraction of sp³-hybridized carbons (Fsp3) is 0.467. The molecule has 2 N–H and O–H groups in total. The number of likely N-dealkylation sites (N-methyl/N-ethyl adjacent to an activating group) is 1. The number of carbonyl (C=O) groups is 2. The van der Waals surface area contributed by atoms with Crippen molar-refractivity contribution in [1.82, 2.24) is 9.80 Å². The van der Waals surface area contributed by atoms with Crippen molar-refractivity contribution in [3.05, 3.63) is 23.8 Å². The third-order valence-corrected chi connectivity index (χ3v) is 3.72. The number of anilines is 1. The van der Waals surface area contributed by atoms with Crippen LogP contribution in [0.25, 0.3) is 0 Å². The lowest BCUT2D eigenvalue weighted by atomic mass is 10.1. The number of carbonyl (C=O) groups excluding carboxylic acids is 2. The van der Waals surface area contributed by atoms with Crippen LogP contribution in [-0.4, -0.2) is 55.4 Å². The zero-order chi connectivity index (χ0) is 15.6. The van der Waals surface area contributed by atoms with E-state index in [2.05, 4.69) is 0 Å².